The second kappa shape index (κ2) is 12.2. The topological polar surface area (TPSA) is 105 Å². The van der Waals surface area contributed by atoms with Crippen LogP contribution in [0.2, 0.25) is 0 Å². The van der Waals surface area contributed by atoms with E-state index in [1.54, 1.807) is 13.8 Å². The summed E-state index contributed by atoms with van der Waals surface area (Å²) in [5.74, 6) is -0.00585. The van der Waals surface area contributed by atoms with Crippen LogP contribution < -0.4 is 0 Å². The zero-order valence-corrected chi connectivity index (χ0v) is 14.8. The van der Waals surface area contributed by atoms with Gasteiger partial charge in [-0.05, 0) is 12.8 Å². The molecule has 8 nitrogen and oxygen atoms in total. The van der Waals surface area contributed by atoms with E-state index >= 15 is 0 Å². The SMILES string of the molecule is CCCS(=O)(=O)OCCOCCOCCOS(=O)(=O)CCC. The van der Waals surface area contributed by atoms with E-state index in [-0.39, 0.29) is 51.1 Å². The highest BCUT2D eigenvalue weighted by atomic mass is 32.2. The van der Waals surface area contributed by atoms with Gasteiger partial charge in [-0.15, -0.1) is 0 Å². The van der Waals surface area contributed by atoms with Crippen molar-refractivity contribution in [1.29, 1.82) is 0 Å². The molecule has 0 heterocycles. The predicted molar refractivity (Wildman–Crippen MR) is 81.7 cm³/mol. The highest BCUT2D eigenvalue weighted by Gasteiger charge is 2.09. The number of hydrogen-bond acceptors (Lipinski definition) is 8. The maximum Gasteiger partial charge on any atom is 0.267 e. The molecule has 22 heavy (non-hydrogen) atoms. The fourth-order valence-electron chi connectivity index (χ4n) is 1.38. The highest BCUT2D eigenvalue weighted by Crippen LogP contribution is 1.97. The van der Waals surface area contributed by atoms with Crippen LogP contribution in [0, 0.1) is 0 Å². The maximum atomic E-state index is 11.2. The fraction of sp³-hybridized carbons (Fsp3) is 1.00. The first-order chi connectivity index (χ1) is 10.3. The summed E-state index contributed by atoms with van der Waals surface area (Å²) in [5.41, 5.74) is 0. The zero-order valence-electron chi connectivity index (χ0n) is 13.2. The van der Waals surface area contributed by atoms with Crippen LogP contribution in [0.1, 0.15) is 26.7 Å². The molecule has 0 unspecified atom stereocenters. The van der Waals surface area contributed by atoms with Crippen LogP contribution in [0.15, 0.2) is 0 Å². The van der Waals surface area contributed by atoms with Crippen molar-refractivity contribution >= 4 is 20.2 Å². The molecule has 0 aliphatic heterocycles. The van der Waals surface area contributed by atoms with Crippen LogP contribution in [-0.2, 0) is 38.1 Å². The second-order valence-corrected chi connectivity index (χ2v) is 7.91. The van der Waals surface area contributed by atoms with Gasteiger partial charge >= 0.3 is 0 Å². The van der Waals surface area contributed by atoms with Crippen molar-refractivity contribution in [3.05, 3.63) is 0 Å². The van der Waals surface area contributed by atoms with Crippen LogP contribution in [-0.4, -0.2) is 68.0 Å². The lowest BCUT2D eigenvalue weighted by Crippen LogP contribution is -2.17. The van der Waals surface area contributed by atoms with Gasteiger partial charge in [-0.3, -0.25) is 8.37 Å². The number of ether oxygens (including phenoxy) is 2. The fourth-order valence-corrected chi connectivity index (χ4v) is 3.26. The molecular formula is C12H26O8S2. The Morgan fingerprint density at radius 1 is 0.591 bits per heavy atom. The second-order valence-electron chi connectivity index (χ2n) is 4.39. The number of hydrogen-bond donors (Lipinski definition) is 0. The molecule has 0 aliphatic rings. The van der Waals surface area contributed by atoms with E-state index in [4.69, 9.17) is 17.8 Å². The van der Waals surface area contributed by atoms with E-state index in [9.17, 15) is 16.8 Å². The third kappa shape index (κ3) is 13.4. The molecule has 0 saturated heterocycles. The molecule has 0 aliphatic carbocycles. The molecule has 10 heteroatoms. The summed E-state index contributed by atoms with van der Waals surface area (Å²) in [6.45, 7) is 4.28. The monoisotopic (exact) mass is 362 g/mol. The quantitative estimate of drug-likeness (QED) is 0.307. The molecule has 0 radical (unpaired) electrons. The molecule has 0 aromatic heterocycles. The van der Waals surface area contributed by atoms with E-state index in [0.29, 0.717) is 12.8 Å². The summed E-state index contributed by atoms with van der Waals surface area (Å²) < 4.78 is 64.4. The van der Waals surface area contributed by atoms with Gasteiger partial charge in [-0.25, -0.2) is 0 Å². The van der Waals surface area contributed by atoms with Gasteiger partial charge in [-0.2, -0.15) is 16.8 Å². The molecule has 0 saturated carbocycles. The van der Waals surface area contributed by atoms with E-state index in [1.165, 1.54) is 0 Å². The Morgan fingerprint density at radius 3 is 1.23 bits per heavy atom. The third-order valence-corrected chi connectivity index (χ3v) is 5.13. The minimum Gasteiger partial charge on any atom is -0.377 e. The maximum absolute atomic E-state index is 11.2. The summed E-state index contributed by atoms with van der Waals surface area (Å²) in [6.07, 6.45) is 1.01. The summed E-state index contributed by atoms with van der Waals surface area (Å²) >= 11 is 0. The van der Waals surface area contributed by atoms with Crippen LogP contribution >= 0.6 is 0 Å². The predicted octanol–water partition coefficient (Wildman–Crippen LogP) is 0.532. The van der Waals surface area contributed by atoms with Crippen molar-refractivity contribution in [1.82, 2.24) is 0 Å². The summed E-state index contributed by atoms with van der Waals surface area (Å²) in [6, 6.07) is 0. The van der Waals surface area contributed by atoms with Gasteiger partial charge in [0, 0.05) is 0 Å². The molecule has 0 N–H and O–H groups in total. The van der Waals surface area contributed by atoms with Crippen LogP contribution in [0.5, 0.6) is 0 Å². The Hall–Kier alpha value is -0.260. The highest BCUT2D eigenvalue weighted by molar-refractivity contribution is 7.86. The smallest absolute Gasteiger partial charge is 0.267 e. The van der Waals surface area contributed by atoms with Crippen molar-refractivity contribution in [2.75, 3.05) is 51.1 Å². The van der Waals surface area contributed by atoms with E-state index in [0.717, 1.165) is 0 Å². The minimum absolute atomic E-state index is 0.00293. The van der Waals surface area contributed by atoms with Gasteiger partial charge in [0.2, 0.25) is 0 Å². The van der Waals surface area contributed by atoms with E-state index in [2.05, 4.69) is 0 Å². The Bertz CT molecular complexity index is 414. The van der Waals surface area contributed by atoms with Crippen molar-refractivity contribution in [2.24, 2.45) is 0 Å². The summed E-state index contributed by atoms with van der Waals surface area (Å²) in [5, 5.41) is 0. The summed E-state index contributed by atoms with van der Waals surface area (Å²) in [4.78, 5) is 0. The molecule has 0 fully saturated rings. The largest absolute Gasteiger partial charge is 0.377 e. The Morgan fingerprint density at radius 2 is 0.909 bits per heavy atom. The van der Waals surface area contributed by atoms with E-state index in [1.807, 2.05) is 0 Å². The molecule has 0 spiro atoms. The Labute approximate surface area is 133 Å². The molecule has 0 aromatic carbocycles. The van der Waals surface area contributed by atoms with Gasteiger partial charge < -0.3 is 9.47 Å². The molecule has 0 amide bonds. The summed E-state index contributed by atoms with van der Waals surface area (Å²) in [7, 11) is -6.88. The first-order valence-corrected chi connectivity index (χ1v) is 10.4. The Kier molecular flexibility index (Phi) is 12.1. The van der Waals surface area contributed by atoms with Gasteiger partial charge in [0.05, 0.1) is 51.1 Å². The minimum atomic E-state index is -3.44. The third-order valence-electron chi connectivity index (χ3n) is 2.26. The Balaban J connectivity index is 3.41. The van der Waals surface area contributed by atoms with Gasteiger partial charge in [0.15, 0.2) is 0 Å². The van der Waals surface area contributed by atoms with Crippen LogP contribution in [0.3, 0.4) is 0 Å². The normalized spacial score (nSPS) is 12.6. The number of rotatable bonds is 15. The van der Waals surface area contributed by atoms with E-state index < -0.39 is 20.2 Å². The lowest BCUT2D eigenvalue weighted by molar-refractivity contribution is 0.0285. The van der Waals surface area contributed by atoms with Gasteiger partial charge in [-0.1, -0.05) is 13.8 Å². The lowest BCUT2D eigenvalue weighted by atomic mass is 10.6. The standard InChI is InChI=1S/C12H26O8S2/c1-3-11-21(13,14)19-9-7-17-5-6-18-8-10-20-22(15,16)12-4-2/h3-12H2,1-2H3. The van der Waals surface area contributed by atoms with Crippen molar-refractivity contribution in [2.45, 2.75) is 26.7 Å². The molecule has 0 bridgehead atoms. The molecule has 0 rings (SSSR count). The van der Waals surface area contributed by atoms with Crippen molar-refractivity contribution in [3.8, 4) is 0 Å². The first-order valence-electron chi connectivity index (χ1n) is 7.22. The molecule has 134 valence electrons. The zero-order chi connectivity index (χ0) is 16.9. The van der Waals surface area contributed by atoms with Crippen LogP contribution in [0.25, 0.3) is 0 Å². The average molecular weight is 362 g/mol. The van der Waals surface area contributed by atoms with Crippen molar-refractivity contribution < 1.29 is 34.7 Å². The molecular weight excluding hydrogens is 336 g/mol. The van der Waals surface area contributed by atoms with Gasteiger partial charge in [0.1, 0.15) is 0 Å². The lowest BCUT2D eigenvalue weighted by Gasteiger charge is -2.07. The first kappa shape index (κ1) is 21.7. The molecule has 0 aromatic rings. The molecule has 0 atom stereocenters. The van der Waals surface area contributed by atoms with Crippen molar-refractivity contribution in [3.63, 3.8) is 0 Å². The van der Waals surface area contributed by atoms with Crippen LogP contribution in [0.4, 0.5) is 0 Å². The van der Waals surface area contributed by atoms with Gasteiger partial charge in [0.25, 0.3) is 20.2 Å². The average Bonchev–Trinajstić information content (AvgIpc) is 2.40.